The molecule has 116 valence electrons. The third-order valence-corrected chi connectivity index (χ3v) is 5.21. The number of carbonyl (C=O) groups excluding carboxylic acids is 1. The van der Waals surface area contributed by atoms with Crippen molar-refractivity contribution in [2.75, 3.05) is 24.7 Å². The van der Waals surface area contributed by atoms with Gasteiger partial charge in [0.15, 0.2) is 0 Å². The monoisotopic (exact) mass is 307 g/mol. The Bertz CT molecular complexity index is 476. The minimum absolute atomic E-state index is 0.0112. The zero-order chi connectivity index (χ0) is 15.2. The van der Waals surface area contributed by atoms with Gasteiger partial charge in [-0.25, -0.2) is 0 Å². The lowest BCUT2D eigenvalue weighted by atomic mass is 10.2. The van der Waals surface area contributed by atoms with E-state index in [0.717, 1.165) is 10.9 Å². The number of hydrogen-bond acceptors (Lipinski definition) is 4. The summed E-state index contributed by atoms with van der Waals surface area (Å²) < 4.78 is 0. The van der Waals surface area contributed by atoms with Crippen molar-refractivity contribution in [1.82, 2.24) is 9.88 Å². The number of amides is 1. The third kappa shape index (κ3) is 4.13. The third-order valence-electron chi connectivity index (χ3n) is 4.12. The molecular weight excluding hydrogens is 282 g/mol. The van der Waals surface area contributed by atoms with E-state index in [4.69, 9.17) is 0 Å². The van der Waals surface area contributed by atoms with Crippen LogP contribution >= 0.6 is 11.8 Å². The van der Waals surface area contributed by atoms with Gasteiger partial charge in [0.2, 0.25) is 0 Å². The van der Waals surface area contributed by atoms with E-state index < -0.39 is 0 Å². The number of nitrogens with zero attached hydrogens (tertiary/aromatic N) is 2. The Labute approximate surface area is 131 Å². The van der Waals surface area contributed by atoms with Crippen molar-refractivity contribution in [3.63, 3.8) is 0 Å². The molecule has 1 amide bonds. The number of carbonyl (C=O) groups is 1. The van der Waals surface area contributed by atoms with E-state index in [9.17, 15) is 4.79 Å². The minimum Gasteiger partial charge on any atom is -0.382 e. The lowest BCUT2D eigenvalue weighted by Crippen LogP contribution is -2.31. The van der Waals surface area contributed by atoms with Crippen LogP contribution in [0.4, 0.5) is 5.69 Å². The van der Waals surface area contributed by atoms with Crippen LogP contribution < -0.4 is 5.32 Å². The van der Waals surface area contributed by atoms with Crippen LogP contribution in [0.5, 0.6) is 0 Å². The van der Waals surface area contributed by atoms with Gasteiger partial charge < -0.3 is 10.2 Å². The molecule has 1 saturated carbocycles. The Kier molecular flexibility index (Phi) is 5.91. The van der Waals surface area contributed by atoms with E-state index in [-0.39, 0.29) is 5.91 Å². The van der Waals surface area contributed by atoms with Crippen molar-refractivity contribution >= 4 is 23.4 Å². The normalized spacial score (nSPS) is 21.3. The Hall–Kier alpha value is -1.23. The molecule has 2 atom stereocenters. The molecule has 1 aromatic rings. The van der Waals surface area contributed by atoms with Crippen LogP contribution in [0.2, 0.25) is 0 Å². The molecule has 4 nitrogen and oxygen atoms in total. The Morgan fingerprint density at radius 2 is 2.19 bits per heavy atom. The van der Waals surface area contributed by atoms with Crippen LogP contribution in [0.1, 0.15) is 43.6 Å². The molecule has 1 N–H and O–H groups in total. The van der Waals surface area contributed by atoms with E-state index in [2.05, 4.69) is 16.6 Å². The Balaban J connectivity index is 2.02. The summed E-state index contributed by atoms with van der Waals surface area (Å²) in [6, 6.07) is 4.35. The van der Waals surface area contributed by atoms with E-state index >= 15 is 0 Å². The average Bonchev–Trinajstić information content (AvgIpc) is 2.96. The minimum atomic E-state index is 0.0112. The van der Waals surface area contributed by atoms with Crippen molar-refractivity contribution < 1.29 is 4.79 Å². The highest BCUT2D eigenvalue weighted by Crippen LogP contribution is 2.30. The first-order chi connectivity index (χ1) is 10.2. The summed E-state index contributed by atoms with van der Waals surface area (Å²) in [5, 5.41) is 4.32. The van der Waals surface area contributed by atoms with Gasteiger partial charge in [-0.2, -0.15) is 11.8 Å². The molecule has 1 aliphatic carbocycles. The number of nitrogens with one attached hydrogen (secondary N) is 1. The van der Waals surface area contributed by atoms with Crippen LogP contribution in [0.25, 0.3) is 0 Å². The van der Waals surface area contributed by atoms with Gasteiger partial charge in [-0.3, -0.25) is 9.78 Å². The van der Waals surface area contributed by atoms with Crippen molar-refractivity contribution in [2.45, 2.75) is 44.4 Å². The second-order valence-electron chi connectivity index (χ2n) is 5.42. The molecule has 1 aliphatic rings. The first-order valence-electron chi connectivity index (χ1n) is 7.72. The molecule has 0 radical (unpaired) electrons. The molecule has 1 aromatic heterocycles. The average molecular weight is 307 g/mol. The first kappa shape index (κ1) is 16.1. The smallest absolute Gasteiger partial charge is 0.272 e. The quantitative estimate of drug-likeness (QED) is 0.876. The highest BCUT2D eigenvalue weighted by molar-refractivity contribution is 7.99. The number of pyridine rings is 1. The topological polar surface area (TPSA) is 45.2 Å². The van der Waals surface area contributed by atoms with E-state index in [0.29, 0.717) is 24.8 Å². The van der Waals surface area contributed by atoms with Crippen molar-refractivity contribution in [2.24, 2.45) is 0 Å². The van der Waals surface area contributed by atoms with Gasteiger partial charge in [0.1, 0.15) is 5.69 Å². The fraction of sp³-hybridized carbons (Fsp3) is 0.625. The van der Waals surface area contributed by atoms with Crippen LogP contribution in [0.15, 0.2) is 18.3 Å². The molecule has 2 rings (SSSR count). The summed E-state index contributed by atoms with van der Waals surface area (Å²) in [6.45, 7) is 5.41. The van der Waals surface area contributed by atoms with Crippen LogP contribution in [0, 0.1) is 0 Å². The Morgan fingerprint density at radius 1 is 1.43 bits per heavy atom. The van der Waals surface area contributed by atoms with Gasteiger partial charge in [0.05, 0.1) is 0 Å². The second kappa shape index (κ2) is 7.69. The molecule has 0 aromatic carbocycles. The second-order valence-corrected chi connectivity index (χ2v) is 6.56. The number of aromatic nitrogens is 1. The number of thioether (sulfide) groups is 1. The number of hydrogen-bond donors (Lipinski definition) is 1. The molecule has 0 aliphatic heterocycles. The van der Waals surface area contributed by atoms with Crippen LogP contribution in [0.3, 0.4) is 0 Å². The summed E-state index contributed by atoms with van der Waals surface area (Å²) in [5.74, 6) is 0.0112. The van der Waals surface area contributed by atoms with Crippen LogP contribution in [-0.4, -0.2) is 46.4 Å². The standard InChI is InChI=1S/C16H25N3OS/c1-4-19(5-2)16(20)15-11-13(8-9-17-15)18-12-6-7-14(10-12)21-3/h8-9,11-12,14H,4-7,10H2,1-3H3,(H,17,18). The fourth-order valence-corrected chi connectivity index (χ4v) is 3.63. The maximum absolute atomic E-state index is 12.3. The maximum atomic E-state index is 12.3. The number of anilines is 1. The van der Waals surface area contributed by atoms with Crippen molar-refractivity contribution in [1.29, 1.82) is 0 Å². The molecule has 0 spiro atoms. The van der Waals surface area contributed by atoms with Gasteiger partial charge in [0, 0.05) is 36.3 Å². The van der Waals surface area contributed by atoms with Crippen molar-refractivity contribution in [3.8, 4) is 0 Å². The molecule has 21 heavy (non-hydrogen) atoms. The fourth-order valence-electron chi connectivity index (χ4n) is 2.83. The van der Waals surface area contributed by atoms with E-state index in [1.165, 1.54) is 19.3 Å². The highest BCUT2D eigenvalue weighted by Gasteiger charge is 2.24. The van der Waals surface area contributed by atoms with E-state index in [1.807, 2.05) is 37.7 Å². The van der Waals surface area contributed by atoms with E-state index in [1.54, 1.807) is 11.1 Å². The summed E-state index contributed by atoms with van der Waals surface area (Å²) in [5.41, 5.74) is 1.54. The molecule has 0 saturated heterocycles. The van der Waals surface area contributed by atoms with Gasteiger partial charge in [-0.05, 0) is 51.5 Å². The van der Waals surface area contributed by atoms with Crippen molar-refractivity contribution in [3.05, 3.63) is 24.0 Å². The summed E-state index contributed by atoms with van der Waals surface area (Å²) in [6.07, 6.45) is 7.57. The SMILES string of the molecule is CCN(CC)C(=O)c1cc(NC2CCC(SC)C2)ccn1. The predicted octanol–water partition coefficient (Wildman–Crippen LogP) is 3.26. The van der Waals surface area contributed by atoms with Gasteiger partial charge in [0.25, 0.3) is 5.91 Å². The van der Waals surface area contributed by atoms with Gasteiger partial charge >= 0.3 is 0 Å². The van der Waals surface area contributed by atoms with Crippen LogP contribution in [-0.2, 0) is 0 Å². The molecule has 1 fully saturated rings. The lowest BCUT2D eigenvalue weighted by Gasteiger charge is -2.19. The van der Waals surface area contributed by atoms with Gasteiger partial charge in [-0.15, -0.1) is 0 Å². The zero-order valence-electron chi connectivity index (χ0n) is 13.1. The maximum Gasteiger partial charge on any atom is 0.272 e. The largest absolute Gasteiger partial charge is 0.382 e. The molecule has 2 unspecified atom stereocenters. The zero-order valence-corrected chi connectivity index (χ0v) is 13.9. The summed E-state index contributed by atoms with van der Waals surface area (Å²) >= 11 is 1.95. The predicted molar refractivity (Wildman–Crippen MR) is 90.1 cm³/mol. The lowest BCUT2D eigenvalue weighted by molar-refractivity contribution is 0.0767. The number of rotatable bonds is 6. The molecule has 0 bridgehead atoms. The molecular formula is C16H25N3OS. The van der Waals surface area contributed by atoms with Gasteiger partial charge in [-0.1, -0.05) is 0 Å². The summed E-state index contributed by atoms with van der Waals surface area (Å²) in [7, 11) is 0. The molecule has 5 heteroatoms. The summed E-state index contributed by atoms with van der Waals surface area (Å²) in [4.78, 5) is 18.4. The molecule has 1 heterocycles. The highest BCUT2D eigenvalue weighted by atomic mass is 32.2. The Morgan fingerprint density at radius 3 is 2.81 bits per heavy atom. The first-order valence-corrected chi connectivity index (χ1v) is 9.01.